The molecule has 0 unspecified atom stereocenters. The second-order valence-electron chi connectivity index (χ2n) is 3.99. The minimum absolute atomic E-state index is 0.175. The summed E-state index contributed by atoms with van der Waals surface area (Å²) in [7, 11) is 0. The molecule has 0 aromatic heterocycles. The van der Waals surface area contributed by atoms with E-state index < -0.39 is 0 Å². The van der Waals surface area contributed by atoms with E-state index in [1.54, 1.807) is 0 Å². The van der Waals surface area contributed by atoms with Gasteiger partial charge in [-0.05, 0) is 12.0 Å². The number of ketones is 1. The molecule has 96 valence electrons. The Morgan fingerprint density at radius 1 is 1.33 bits per heavy atom. The van der Waals surface area contributed by atoms with Crippen molar-refractivity contribution >= 4 is 5.78 Å². The summed E-state index contributed by atoms with van der Waals surface area (Å²) in [5.74, 6) is 2.60. The summed E-state index contributed by atoms with van der Waals surface area (Å²) in [4.78, 5) is 11.4. The van der Waals surface area contributed by atoms with Crippen molar-refractivity contribution in [1.29, 1.82) is 0 Å². The summed E-state index contributed by atoms with van der Waals surface area (Å²) in [5, 5.41) is 2.88. The zero-order valence-electron chi connectivity index (χ0n) is 10.5. The standard InChI is InChI=1S/C15H19NO2/c1-2-10-16-12-15(17)9-6-11-18-13-14-7-4-3-5-8-14/h1,3-5,7-8,16H,6,9-13H2. The van der Waals surface area contributed by atoms with Gasteiger partial charge in [-0.25, -0.2) is 0 Å². The number of Topliss-reactive ketones (excluding diaryl/α,β-unsaturated/α-hetero) is 1. The minimum atomic E-state index is 0.175. The number of carbonyl (C=O) groups excluding carboxylic acids is 1. The SMILES string of the molecule is C#CCNCC(=O)CCCOCc1ccccc1. The van der Waals surface area contributed by atoms with E-state index in [2.05, 4.69) is 11.2 Å². The average Bonchev–Trinajstić information content (AvgIpc) is 2.40. The van der Waals surface area contributed by atoms with E-state index in [-0.39, 0.29) is 5.78 Å². The first kappa shape index (κ1) is 14.4. The van der Waals surface area contributed by atoms with E-state index in [0.29, 0.717) is 32.7 Å². The minimum Gasteiger partial charge on any atom is -0.377 e. The van der Waals surface area contributed by atoms with Crippen LogP contribution in [-0.4, -0.2) is 25.5 Å². The van der Waals surface area contributed by atoms with Gasteiger partial charge in [0.05, 0.1) is 19.7 Å². The van der Waals surface area contributed by atoms with Gasteiger partial charge < -0.3 is 4.74 Å². The molecule has 0 aliphatic heterocycles. The Morgan fingerprint density at radius 3 is 2.83 bits per heavy atom. The van der Waals surface area contributed by atoms with Gasteiger partial charge in [-0.15, -0.1) is 6.42 Å². The topological polar surface area (TPSA) is 38.3 Å². The van der Waals surface area contributed by atoms with E-state index in [1.165, 1.54) is 0 Å². The maximum absolute atomic E-state index is 11.4. The van der Waals surface area contributed by atoms with Crippen LogP contribution in [0.3, 0.4) is 0 Å². The second-order valence-corrected chi connectivity index (χ2v) is 3.99. The van der Waals surface area contributed by atoms with Crippen LogP contribution < -0.4 is 5.32 Å². The molecule has 0 saturated heterocycles. The summed E-state index contributed by atoms with van der Waals surface area (Å²) in [6, 6.07) is 9.99. The van der Waals surface area contributed by atoms with Gasteiger partial charge in [-0.1, -0.05) is 36.3 Å². The van der Waals surface area contributed by atoms with Crippen LogP contribution in [0.1, 0.15) is 18.4 Å². The molecule has 0 bridgehead atoms. The summed E-state index contributed by atoms with van der Waals surface area (Å²) >= 11 is 0. The molecule has 0 amide bonds. The highest BCUT2D eigenvalue weighted by atomic mass is 16.5. The molecule has 0 fully saturated rings. The first-order valence-electron chi connectivity index (χ1n) is 6.10. The van der Waals surface area contributed by atoms with Crippen molar-refractivity contribution in [3.63, 3.8) is 0 Å². The van der Waals surface area contributed by atoms with Crippen molar-refractivity contribution in [3.05, 3.63) is 35.9 Å². The lowest BCUT2D eigenvalue weighted by Gasteiger charge is -2.04. The summed E-state index contributed by atoms with van der Waals surface area (Å²) in [5.41, 5.74) is 1.15. The van der Waals surface area contributed by atoms with Crippen molar-refractivity contribution in [1.82, 2.24) is 5.32 Å². The number of terminal acetylenes is 1. The molecule has 0 aliphatic carbocycles. The van der Waals surface area contributed by atoms with Gasteiger partial charge in [0.2, 0.25) is 0 Å². The van der Waals surface area contributed by atoms with Crippen molar-refractivity contribution in [2.24, 2.45) is 0 Å². The number of hydrogen-bond acceptors (Lipinski definition) is 3. The molecule has 1 aromatic carbocycles. The number of nitrogens with one attached hydrogen (secondary N) is 1. The molecule has 1 N–H and O–H groups in total. The molecule has 18 heavy (non-hydrogen) atoms. The van der Waals surface area contributed by atoms with E-state index in [4.69, 9.17) is 11.2 Å². The third kappa shape index (κ3) is 6.85. The Morgan fingerprint density at radius 2 is 2.11 bits per heavy atom. The molecule has 0 radical (unpaired) electrons. The molecule has 3 nitrogen and oxygen atoms in total. The first-order chi connectivity index (χ1) is 8.83. The monoisotopic (exact) mass is 245 g/mol. The van der Waals surface area contributed by atoms with E-state index in [9.17, 15) is 4.79 Å². The third-order valence-electron chi connectivity index (χ3n) is 2.41. The van der Waals surface area contributed by atoms with Crippen LogP contribution in [-0.2, 0) is 16.1 Å². The van der Waals surface area contributed by atoms with Crippen molar-refractivity contribution in [3.8, 4) is 12.3 Å². The van der Waals surface area contributed by atoms with Crippen LogP contribution in [0, 0.1) is 12.3 Å². The maximum Gasteiger partial charge on any atom is 0.146 e. The lowest BCUT2D eigenvalue weighted by Crippen LogP contribution is -2.23. The van der Waals surface area contributed by atoms with Gasteiger partial charge in [-0.2, -0.15) is 0 Å². The van der Waals surface area contributed by atoms with Crippen molar-refractivity contribution in [2.45, 2.75) is 19.4 Å². The van der Waals surface area contributed by atoms with E-state index >= 15 is 0 Å². The normalized spacial score (nSPS) is 9.94. The van der Waals surface area contributed by atoms with Gasteiger partial charge in [0, 0.05) is 13.0 Å². The van der Waals surface area contributed by atoms with Gasteiger partial charge >= 0.3 is 0 Å². The largest absolute Gasteiger partial charge is 0.377 e. The summed E-state index contributed by atoms with van der Waals surface area (Å²) in [6.07, 6.45) is 6.35. The smallest absolute Gasteiger partial charge is 0.146 e. The number of ether oxygens (including phenoxy) is 1. The Bertz CT molecular complexity index is 381. The zero-order chi connectivity index (χ0) is 13.1. The van der Waals surface area contributed by atoms with Crippen LogP contribution >= 0.6 is 0 Å². The Hall–Kier alpha value is -1.63. The molecule has 1 aromatic rings. The van der Waals surface area contributed by atoms with Gasteiger partial charge in [0.15, 0.2) is 0 Å². The fourth-order valence-corrected chi connectivity index (χ4v) is 1.50. The van der Waals surface area contributed by atoms with Crippen LogP contribution in [0.5, 0.6) is 0 Å². The Kier molecular flexibility index (Phi) is 7.54. The highest BCUT2D eigenvalue weighted by Gasteiger charge is 2.00. The first-order valence-corrected chi connectivity index (χ1v) is 6.10. The molecular weight excluding hydrogens is 226 g/mol. The quantitative estimate of drug-likeness (QED) is 0.532. The summed E-state index contributed by atoms with van der Waals surface area (Å²) < 4.78 is 5.49. The average molecular weight is 245 g/mol. The molecular formula is C15H19NO2. The van der Waals surface area contributed by atoms with Crippen LogP contribution in [0.4, 0.5) is 0 Å². The second kappa shape index (κ2) is 9.41. The van der Waals surface area contributed by atoms with E-state index in [0.717, 1.165) is 12.0 Å². The predicted molar refractivity (Wildman–Crippen MR) is 72.0 cm³/mol. The van der Waals surface area contributed by atoms with E-state index in [1.807, 2.05) is 30.3 Å². The van der Waals surface area contributed by atoms with Crippen molar-refractivity contribution in [2.75, 3.05) is 19.7 Å². The van der Waals surface area contributed by atoms with Gasteiger partial charge in [0.1, 0.15) is 5.78 Å². The Balaban J connectivity index is 1.99. The molecule has 1 rings (SSSR count). The van der Waals surface area contributed by atoms with Gasteiger partial charge in [-0.3, -0.25) is 10.1 Å². The maximum atomic E-state index is 11.4. The van der Waals surface area contributed by atoms with Crippen LogP contribution in [0.2, 0.25) is 0 Å². The van der Waals surface area contributed by atoms with Gasteiger partial charge in [0.25, 0.3) is 0 Å². The fourth-order valence-electron chi connectivity index (χ4n) is 1.50. The summed E-state index contributed by atoms with van der Waals surface area (Å²) in [6.45, 7) is 2.00. The highest BCUT2D eigenvalue weighted by Crippen LogP contribution is 2.01. The Labute approximate surface area is 109 Å². The fraction of sp³-hybridized carbons (Fsp3) is 0.400. The lowest BCUT2D eigenvalue weighted by atomic mass is 10.2. The molecule has 3 heteroatoms. The lowest BCUT2D eigenvalue weighted by molar-refractivity contribution is -0.118. The number of rotatable bonds is 9. The highest BCUT2D eigenvalue weighted by molar-refractivity contribution is 5.80. The molecule has 0 spiro atoms. The number of carbonyl (C=O) groups is 1. The third-order valence-corrected chi connectivity index (χ3v) is 2.41. The van der Waals surface area contributed by atoms with Crippen LogP contribution in [0.25, 0.3) is 0 Å². The van der Waals surface area contributed by atoms with Crippen LogP contribution in [0.15, 0.2) is 30.3 Å². The number of benzene rings is 1. The van der Waals surface area contributed by atoms with Crippen molar-refractivity contribution < 1.29 is 9.53 Å². The molecule has 0 atom stereocenters. The zero-order valence-corrected chi connectivity index (χ0v) is 10.5. The molecule has 0 aliphatic rings. The predicted octanol–water partition coefficient (Wildman–Crippen LogP) is 1.78. The number of hydrogen-bond donors (Lipinski definition) is 1. The molecule has 0 saturated carbocycles. The molecule has 0 heterocycles.